The first kappa shape index (κ1) is 14.4. The third-order valence-corrected chi connectivity index (χ3v) is 3.89. The van der Waals surface area contributed by atoms with Gasteiger partial charge in [-0.15, -0.1) is 0 Å². The number of hydrogen-bond acceptors (Lipinski definition) is 2. The van der Waals surface area contributed by atoms with Gasteiger partial charge < -0.3 is 10.2 Å². The summed E-state index contributed by atoms with van der Waals surface area (Å²) in [6, 6.07) is 20.9. The van der Waals surface area contributed by atoms with Crippen LogP contribution in [0.1, 0.15) is 20.3 Å². The summed E-state index contributed by atoms with van der Waals surface area (Å²) in [5.41, 5.74) is 2.56. The highest BCUT2D eigenvalue weighted by molar-refractivity contribution is 5.48. The second-order valence-corrected chi connectivity index (χ2v) is 5.75. The molecule has 0 aliphatic rings. The van der Waals surface area contributed by atoms with E-state index < -0.39 is 0 Å². The zero-order valence-corrected chi connectivity index (χ0v) is 12.6. The van der Waals surface area contributed by atoms with Crippen LogP contribution in [0, 0.1) is 0 Å². The molecule has 1 N–H and O–H groups in total. The lowest BCUT2D eigenvalue weighted by atomic mass is 9.97. The molecule has 2 aromatic rings. The predicted molar refractivity (Wildman–Crippen MR) is 88.5 cm³/mol. The van der Waals surface area contributed by atoms with Crippen LogP contribution < -0.4 is 10.2 Å². The number of benzene rings is 2. The van der Waals surface area contributed by atoms with Gasteiger partial charge in [0.25, 0.3) is 0 Å². The van der Waals surface area contributed by atoms with Crippen molar-refractivity contribution >= 4 is 11.4 Å². The van der Waals surface area contributed by atoms with E-state index in [4.69, 9.17) is 0 Å². The quantitative estimate of drug-likeness (QED) is 0.835. The van der Waals surface area contributed by atoms with Gasteiger partial charge in [-0.05, 0) is 44.5 Å². The zero-order chi connectivity index (χ0) is 14.4. The molecule has 0 aliphatic carbocycles. The van der Waals surface area contributed by atoms with Gasteiger partial charge >= 0.3 is 0 Å². The van der Waals surface area contributed by atoms with Crippen molar-refractivity contribution in [3.63, 3.8) is 0 Å². The standard InChI is InChI=1S/C18H24N2/c1-18(2,20(3)17-12-8-5-9-13-17)14-15-19-16-10-6-4-7-11-16/h4-13,19H,14-15H2,1-3H3. The first-order valence-electron chi connectivity index (χ1n) is 7.17. The fourth-order valence-corrected chi connectivity index (χ4v) is 2.24. The summed E-state index contributed by atoms with van der Waals surface area (Å²) in [5.74, 6) is 0. The lowest BCUT2D eigenvalue weighted by molar-refractivity contribution is 0.462. The summed E-state index contributed by atoms with van der Waals surface area (Å²) in [6.07, 6.45) is 1.08. The molecule has 2 aromatic carbocycles. The highest BCUT2D eigenvalue weighted by atomic mass is 15.2. The minimum atomic E-state index is 0.114. The highest BCUT2D eigenvalue weighted by Crippen LogP contribution is 2.24. The molecular weight excluding hydrogens is 244 g/mol. The SMILES string of the molecule is CN(c1ccccc1)C(C)(C)CCNc1ccccc1. The Morgan fingerprint density at radius 1 is 0.900 bits per heavy atom. The third-order valence-electron chi connectivity index (χ3n) is 3.89. The molecule has 2 rings (SSSR count). The molecule has 0 saturated carbocycles. The summed E-state index contributed by atoms with van der Waals surface area (Å²) in [7, 11) is 2.16. The maximum atomic E-state index is 3.48. The van der Waals surface area contributed by atoms with Gasteiger partial charge in [-0.3, -0.25) is 0 Å². The number of para-hydroxylation sites is 2. The van der Waals surface area contributed by atoms with Gasteiger partial charge in [0.15, 0.2) is 0 Å². The van der Waals surface area contributed by atoms with Gasteiger partial charge in [-0.25, -0.2) is 0 Å². The van der Waals surface area contributed by atoms with E-state index in [-0.39, 0.29) is 5.54 Å². The van der Waals surface area contributed by atoms with Crippen LogP contribution in [0.3, 0.4) is 0 Å². The molecule has 106 valence electrons. The minimum Gasteiger partial charge on any atom is -0.385 e. The van der Waals surface area contributed by atoms with Gasteiger partial charge in [0.05, 0.1) is 0 Å². The van der Waals surface area contributed by atoms with Crippen molar-refractivity contribution in [2.24, 2.45) is 0 Å². The molecule has 0 atom stereocenters. The third kappa shape index (κ3) is 3.77. The average molecular weight is 268 g/mol. The van der Waals surface area contributed by atoms with Crippen LogP contribution in [0.15, 0.2) is 60.7 Å². The first-order chi connectivity index (χ1) is 9.59. The van der Waals surface area contributed by atoms with Crippen molar-refractivity contribution in [1.82, 2.24) is 0 Å². The molecule has 0 bridgehead atoms. The molecule has 0 aromatic heterocycles. The summed E-state index contributed by atoms with van der Waals surface area (Å²) in [6.45, 7) is 5.54. The van der Waals surface area contributed by atoms with Crippen LogP contribution in [0.4, 0.5) is 11.4 Å². The molecule has 0 radical (unpaired) electrons. The molecule has 0 aliphatic heterocycles. The van der Waals surface area contributed by atoms with Crippen molar-refractivity contribution in [3.05, 3.63) is 60.7 Å². The van der Waals surface area contributed by atoms with E-state index in [1.54, 1.807) is 0 Å². The topological polar surface area (TPSA) is 15.3 Å². The Hall–Kier alpha value is -1.96. The Labute approximate surface area is 122 Å². The van der Waals surface area contributed by atoms with Gasteiger partial charge in [-0.2, -0.15) is 0 Å². The zero-order valence-electron chi connectivity index (χ0n) is 12.6. The van der Waals surface area contributed by atoms with Crippen molar-refractivity contribution in [2.75, 3.05) is 23.8 Å². The molecule has 20 heavy (non-hydrogen) atoms. The van der Waals surface area contributed by atoms with E-state index in [1.807, 2.05) is 6.07 Å². The van der Waals surface area contributed by atoms with Crippen molar-refractivity contribution < 1.29 is 0 Å². The summed E-state index contributed by atoms with van der Waals surface area (Å²) >= 11 is 0. The van der Waals surface area contributed by atoms with Crippen LogP contribution in [0.2, 0.25) is 0 Å². The molecule has 2 nitrogen and oxygen atoms in total. The highest BCUT2D eigenvalue weighted by Gasteiger charge is 2.23. The molecule has 0 heterocycles. The van der Waals surface area contributed by atoms with Crippen LogP contribution in [-0.4, -0.2) is 19.1 Å². The van der Waals surface area contributed by atoms with Crippen LogP contribution >= 0.6 is 0 Å². The summed E-state index contributed by atoms with van der Waals surface area (Å²) in [4.78, 5) is 2.35. The maximum Gasteiger partial charge on any atom is 0.0368 e. The smallest absolute Gasteiger partial charge is 0.0368 e. The Balaban J connectivity index is 1.90. The van der Waals surface area contributed by atoms with E-state index in [0.29, 0.717) is 0 Å². The van der Waals surface area contributed by atoms with Gasteiger partial charge in [-0.1, -0.05) is 36.4 Å². The second kappa shape index (κ2) is 6.47. The number of hydrogen-bond donors (Lipinski definition) is 1. The van der Waals surface area contributed by atoms with Crippen LogP contribution in [0.5, 0.6) is 0 Å². The van der Waals surface area contributed by atoms with Gasteiger partial charge in [0, 0.05) is 30.5 Å². The molecule has 0 unspecified atom stereocenters. The normalized spacial score (nSPS) is 11.2. The first-order valence-corrected chi connectivity index (χ1v) is 7.17. The Bertz CT molecular complexity index is 505. The van der Waals surface area contributed by atoms with E-state index >= 15 is 0 Å². The van der Waals surface area contributed by atoms with Crippen molar-refractivity contribution in [2.45, 2.75) is 25.8 Å². The largest absolute Gasteiger partial charge is 0.385 e. The van der Waals surface area contributed by atoms with Gasteiger partial charge in [0.2, 0.25) is 0 Å². The lowest BCUT2D eigenvalue weighted by Gasteiger charge is -2.37. The molecule has 0 amide bonds. The minimum absolute atomic E-state index is 0.114. The Morgan fingerprint density at radius 2 is 1.45 bits per heavy atom. The lowest BCUT2D eigenvalue weighted by Crippen LogP contribution is -2.42. The molecule has 0 saturated heterocycles. The van der Waals surface area contributed by atoms with E-state index in [9.17, 15) is 0 Å². The van der Waals surface area contributed by atoms with Gasteiger partial charge in [0.1, 0.15) is 0 Å². The number of rotatable bonds is 6. The average Bonchev–Trinajstić information content (AvgIpc) is 2.48. The fraction of sp³-hybridized carbons (Fsp3) is 0.333. The van der Waals surface area contributed by atoms with E-state index in [2.05, 4.69) is 85.7 Å². The Morgan fingerprint density at radius 3 is 2.05 bits per heavy atom. The summed E-state index contributed by atoms with van der Waals surface area (Å²) in [5, 5.41) is 3.48. The van der Waals surface area contributed by atoms with Crippen LogP contribution in [-0.2, 0) is 0 Å². The number of nitrogens with zero attached hydrogens (tertiary/aromatic N) is 1. The van der Waals surface area contributed by atoms with E-state index in [1.165, 1.54) is 11.4 Å². The fourth-order valence-electron chi connectivity index (χ4n) is 2.24. The Kier molecular flexibility index (Phi) is 4.67. The molecule has 0 spiro atoms. The molecule has 0 fully saturated rings. The second-order valence-electron chi connectivity index (χ2n) is 5.75. The van der Waals surface area contributed by atoms with Crippen molar-refractivity contribution in [1.29, 1.82) is 0 Å². The summed E-state index contributed by atoms with van der Waals surface area (Å²) < 4.78 is 0. The monoisotopic (exact) mass is 268 g/mol. The van der Waals surface area contributed by atoms with E-state index in [0.717, 1.165) is 13.0 Å². The number of anilines is 2. The molecular formula is C18H24N2. The van der Waals surface area contributed by atoms with Crippen LogP contribution in [0.25, 0.3) is 0 Å². The molecule has 2 heteroatoms. The predicted octanol–water partition coefficient (Wildman–Crippen LogP) is 4.40. The number of nitrogens with one attached hydrogen (secondary N) is 1. The maximum absolute atomic E-state index is 3.48. The van der Waals surface area contributed by atoms with Crippen molar-refractivity contribution in [3.8, 4) is 0 Å².